The fourth-order valence-corrected chi connectivity index (χ4v) is 11.6. The molecule has 0 fully saturated rings. The summed E-state index contributed by atoms with van der Waals surface area (Å²) in [5.74, 6) is 3.43. The molecule has 1 aliphatic heterocycles. The Balaban J connectivity index is 1.11. The number of fused-ring (bicyclic) bond motifs is 14. The fourth-order valence-electron chi connectivity index (χ4n) is 11.6. The number of nitrogens with zero attached hydrogens (tertiary/aromatic N) is 1. The van der Waals surface area contributed by atoms with E-state index >= 15 is 0 Å². The van der Waals surface area contributed by atoms with Crippen LogP contribution in [0.4, 0.5) is 0 Å². The van der Waals surface area contributed by atoms with E-state index in [0.29, 0.717) is 39.6 Å². The Morgan fingerprint density at radius 1 is 0.297 bits per heavy atom. The fraction of sp³-hybridized carbons (Fsp3) is 0.412. The highest BCUT2D eigenvalue weighted by Gasteiger charge is 2.29. The number of unbranched alkanes of at least 4 members (excludes halogenated alkanes) is 14. The maximum atomic E-state index is 7.27. The van der Waals surface area contributed by atoms with Gasteiger partial charge in [-0.25, -0.2) is 0 Å². The van der Waals surface area contributed by atoms with Gasteiger partial charge in [0.1, 0.15) is 62.5 Å². The first kappa shape index (κ1) is 52.8. The highest BCUT2D eigenvalue weighted by molar-refractivity contribution is 6.11. The maximum Gasteiger partial charge on any atom is 0.137 e. The minimum atomic E-state index is 0.391. The van der Waals surface area contributed by atoms with Gasteiger partial charge in [-0.1, -0.05) is 212 Å². The van der Waals surface area contributed by atoms with Gasteiger partial charge in [0, 0.05) is 22.3 Å². The Morgan fingerprint density at radius 3 is 0.905 bits per heavy atom. The Kier molecular flexibility index (Phi) is 19.6. The van der Waals surface area contributed by atoms with Crippen molar-refractivity contribution in [3.63, 3.8) is 0 Å². The summed E-state index contributed by atoms with van der Waals surface area (Å²) >= 11 is 0. The second kappa shape index (κ2) is 27.5. The second-order valence-corrected chi connectivity index (χ2v) is 20.8. The van der Waals surface area contributed by atoms with Crippen LogP contribution < -0.4 is 18.9 Å². The molecule has 0 saturated heterocycles. The van der Waals surface area contributed by atoms with E-state index in [4.69, 9.17) is 23.7 Å². The molecule has 0 bridgehead atoms. The van der Waals surface area contributed by atoms with Crippen molar-refractivity contribution < 1.29 is 28.2 Å². The molecule has 388 valence electrons. The van der Waals surface area contributed by atoms with Crippen LogP contribution in [0.25, 0.3) is 65.3 Å². The van der Waals surface area contributed by atoms with Crippen molar-refractivity contribution in [2.24, 2.45) is 0 Å². The topological polar surface area (TPSA) is 46.2 Å². The molecule has 0 amide bonds. The zero-order valence-corrected chi connectivity index (χ0v) is 44.7. The molecule has 0 aromatic heterocycles. The summed E-state index contributed by atoms with van der Waals surface area (Å²) in [6.45, 7) is 11.4. The van der Waals surface area contributed by atoms with Crippen LogP contribution in [-0.4, -0.2) is 70.3 Å². The van der Waals surface area contributed by atoms with Crippen molar-refractivity contribution in [1.29, 1.82) is 0 Å². The van der Waals surface area contributed by atoms with Crippen LogP contribution in [0.1, 0.15) is 117 Å². The summed E-state index contributed by atoms with van der Waals surface area (Å²) < 4.78 is 35.3. The van der Waals surface area contributed by atoms with Gasteiger partial charge in [0.2, 0.25) is 0 Å². The minimum Gasteiger partial charge on any atom is -0.491 e. The van der Waals surface area contributed by atoms with E-state index in [1.54, 1.807) is 0 Å². The molecule has 8 aromatic rings. The van der Waals surface area contributed by atoms with Crippen LogP contribution in [-0.2, 0) is 4.74 Å². The average Bonchev–Trinajstić information content (AvgIpc) is 3.44. The summed E-state index contributed by atoms with van der Waals surface area (Å²) in [5, 5.41) is 9.26. The first-order chi connectivity index (χ1) is 36.7. The zero-order chi connectivity index (χ0) is 50.6. The van der Waals surface area contributed by atoms with Gasteiger partial charge in [0.05, 0.1) is 26.3 Å². The average molecular weight is 993 g/mol. The number of ether oxygens (including phenoxy) is 5. The van der Waals surface area contributed by atoms with Crippen LogP contribution in [0.2, 0.25) is 0 Å². The molecule has 0 radical (unpaired) electrons. The number of hydrogen-bond acceptors (Lipinski definition) is 5. The van der Waals surface area contributed by atoms with E-state index < -0.39 is 0 Å². The first-order valence-electron chi connectivity index (χ1n) is 28.7. The number of benzene rings is 8. The van der Waals surface area contributed by atoms with Gasteiger partial charge < -0.3 is 28.2 Å². The maximum absolute atomic E-state index is 7.27. The molecule has 0 spiro atoms. The van der Waals surface area contributed by atoms with Gasteiger partial charge in [-0.2, -0.15) is 0 Å². The van der Waals surface area contributed by atoms with E-state index in [2.05, 4.69) is 159 Å². The lowest BCUT2D eigenvalue weighted by molar-refractivity contribution is -0.928. The monoisotopic (exact) mass is 993 g/mol. The van der Waals surface area contributed by atoms with Crippen LogP contribution in [0.15, 0.2) is 146 Å². The largest absolute Gasteiger partial charge is 0.491 e. The summed E-state index contributed by atoms with van der Waals surface area (Å²) in [4.78, 5) is 0. The van der Waals surface area contributed by atoms with E-state index in [1.807, 2.05) is 0 Å². The molecule has 6 heteroatoms. The van der Waals surface area contributed by atoms with E-state index in [1.165, 1.54) is 114 Å². The predicted molar refractivity (Wildman–Crippen MR) is 312 cm³/mol. The van der Waals surface area contributed by atoms with Crippen molar-refractivity contribution in [2.75, 3.05) is 65.8 Å². The van der Waals surface area contributed by atoms with Crippen molar-refractivity contribution in [3.8, 4) is 45.3 Å². The normalized spacial score (nSPS) is 14.6. The molecule has 9 rings (SSSR count). The van der Waals surface area contributed by atoms with Crippen LogP contribution in [0.3, 0.4) is 0 Å². The van der Waals surface area contributed by atoms with Gasteiger partial charge in [0.25, 0.3) is 0 Å². The number of rotatable bonds is 18. The summed E-state index contributed by atoms with van der Waals surface area (Å²) in [6.07, 6.45) is 20.8. The third kappa shape index (κ3) is 13.4. The van der Waals surface area contributed by atoms with Gasteiger partial charge >= 0.3 is 0 Å². The standard InChI is InChI=1S/C68H82NO5/c1-3-5-7-9-11-13-15-25-43-69(44-26-16-14-12-10-8-6-4-2)45-47-71-61-39-35-53-27-17-21-31-57(53)65(61)67-59-33-23-19-29-55(59)37-41-63(67)73-51-49-70-50-52-74-64-42-38-56-30-20-24-34-60(56)68(64)66-58-32-22-18-28-54(58)36-40-62(66)72-48-46-69/h17-24,27-42H,3-16,25-26,43-52H2,1-2H3/q+1. The molecule has 0 aliphatic carbocycles. The molecule has 0 unspecified atom stereocenters. The predicted octanol–water partition coefficient (Wildman–Crippen LogP) is 18.0. The Labute approximate surface area is 442 Å². The van der Waals surface area contributed by atoms with Crippen molar-refractivity contribution in [2.45, 2.75) is 117 Å². The van der Waals surface area contributed by atoms with E-state index in [9.17, 15) is 0 Å². The van der Waals surface area contributed by atoms with Gasteiger partial charge in [-0.05, 0) is 93.0 Å². The molecule has 1 aliphatic rings. The summed E-state index contributed by atoms with van der Waals surface area (Å²) in [5.41, 5.74) is 4.27. The molecule has 1 heterocycles. The van der Waals surface area contributed by atoms with Crippen LogP contribution in [0, 0.1) is 0 Å². The highest BCUT2D eigenvalue weighted by Crippen LogP contribution is 2.47. The summed E-state index contributed by atoms with van der Waals surface area (Å²) in [6, 6.07) is 52.2. The quantitative estimate of drug-likeness (QED) is 0.0633. The lowest BCUT2D eigenvalue weighted by Gasteiger charge is -2.39. The molecule has 8 aromatic carbocycles. The Morgan fingerprint density at radius 2 is 0.581 bits per heavy atom. The van der Waals surface area contributed by atoms with Gasteiger partial charge in [-0.3, -0.25) is 0 Å². The molecule has 0 saturated carbocycles. The molecule has 0 atom stereocenters. The number of hydrogen-bond donors (Lipinski definition) is 0. The Bertz CT molecular complexity index is 2810. The van der Waals surface area contributed by atoms with Crippen molar-refractivity contribution >= 4 is 43.1 Å². The molecular weight excluding hydrogens is 911 g/mol. The SMILES string of the molecule is CCCCCCCCCC[N+]1(CCCCCCCCCC)CCOc2ccc3ccccc3c2-c2c(ccc3ccccc23)OCCOCCOc2ccc3ccccc3c2-c2c(ccc3ccccc23)OCC1. The zero-order valence-electron chi connectivity index (χ0n) is 44.7. The van der Waals surface area contributed by atoms with Crippen molar-refractivity contribution in [1.82, 2.24) is 0 Å². The number of quaternary nitrogens is 1. The second-order valence-electron chi connectivity index (χ2n) is 20.8. The van der Waals surface area contributed by atoms with E-state index in [0.717, 1.165) is 108 Å². The van der Waals surface area contributed by atoms with Gasteiger partial charge in [0.15, 0.2) is 0 Å². The molecular formula is C68H82NO5+. The van der Waals surface area contributed by atoms with Crippen molar-refractivity contribution in [3.05, 3.63) is 146 Å². The van der Waals surface area contributed by atoms with Crippen LogP contribution in [0.5, 0.6) is 23.0 Å². The lowest BCUT2D eigenvalue weighted by atomic mass is 9.92. The smallest absolute Gasteiger partial charge is 0.137 e. The molecule has 6 nitrogen and oxygen atoms in total. The third-order valence-corrected chi connectivity index (χ3v) is 15.7. The van der Waals surface area contributed by atoms with Crippen LogP contribution >= 0.6 is 0 Å². The van der Waals surface area contributed by atoms with Gasteiger partial charge in [-0.15, -0.1) is 0 Å². The summed E-state index contributed by atoms with van der Waals surface area (Å²) in [7, 11) is 0. The highest BCUT2D eigenvalue weighted by atomic mass is 16.5. The van der Waals surface area contributed by atoms with E-state index in [-0.39, 0.29) is 0 Å². The Hall–Kier alpha value is -6.08. The molecule has 0 N–H and O–H groups in total. The third-order valence-electron chi connectivity index (χ3n) is 15.7. The molecule has 74 heavy (non-hydrogen) atoms. The first-order valence-corrected chi connectivity index (χ1v) is 28.7. The minimum absolute atomic E-state index is 0.391. The lowest BCUT2D eigenvalue weighted by Crippen LogP contribution is -2.53.